The number of hydrogen-bond donors (Lipinski definition) is 0. The van der Waals surface area contributed by atoms with E-state index in [0.717, 1.165) is 0 Å². The molecule has 16 heavy (non-hydrogen) atoms. The lowest BCUT2D eigenvalue weighted by Gasteiger charge is -2.39. The molecule has 2 fully saturated rings. The number of carbonyl (C=O) groups is 3. The third-order valence-electron chi connectivity index (χ3n) is 4.12. The highest BCUT2D eigenvalue weighted by atomic mass is 16.5. The third-order valence-corrected chi connectivity index (χ3v) is 4.12. The standard InChI is InChI=1S/C12H16O4/c1-6(13)16-10-11(2,3)7-5-12(10,4)9(15)8(7)14/h7,10H,5H2,1-4H3. The van der Waals surface area contributed by atoms with Gasteiger partial charge in [-0.25, -0.2) is 0 Å². The van der Waals surface area contributed by atoms with E-state index in [1.165, 1.54) is 6.92 Å². The molecule has 4 nitrogen and oxygen atoms in total. The van der Waals surface area contributed by atoms with Crippen LogP contribution in [0.4, 0.5) is 0 Å². The molecule has 0 amide bonds. The van der Waals surface area contributed by atoms with E-state index >= 15 is 0 Å². The van der Waals surface area contributed by atoms with E-state index in [-0.39, 0.29) is 17.5 Å². The van der Waals surface area contributed by atoms with Crippen LogP contribution >= 0.6 is 0 Å². The van der Waals surface area contributed by atoms with Crippen LogP contribution in [0.15, 0.2) is 0 Å². The quantitative estimate of drug-likeness (QED) is 0.494. The van der Waals surface area contributed by atoms with Crippen molar-refractivity contribution in [2.45, 2.75) is 40.2 Å². The summed E-state index contributed by atoms with van der Waals surface area (Å²) in [5.74, 6) is -1.36. The summed E-state index contributed by atoms with van der Waals surface area (Å²) in [5, 5.41) is 0. The minimum Gasteiger partial charge on any atom is -0.461 e. The van der Waals surface area contributed by atoms with Crippen molar-refractivity contribution < 1.29 is 19.1 Å². The Labute approximate surface area is 94.3 Å². The van der Waals surface area contributed by atoms with E-state index in [2.05, 4.69) is 0 Å². The number of fused-ring (bicyclic) bond motifs is 2. The molecule has 0 aromatic rings. The molecule has 0 N–H and O–H groups in total. The van der Waals surface area contributed by atoms with Crippen LogP contribution in [0, 0.1) is 16.7 Å². The molecule has 0 radical (unpaired) electrons. The average molecular weight is 224 g/mol. The molecule has 88 valence electrons. The van der Waals surface area contributed by atoms with E-state index in [1.54, 1.807) is 6.92 Å². The molecule has 0 aromatic carbocycles. The molecular weight excluding hydrogens is 208 g/mol. The van der Waals surface area contributed by atoms with Gasteiger partial charge in [-0.15, -0.1) is 0 Å². The van der Waals surface area contributed by atoms with Crippen LogP contribution in [0.5, 0.6) is 0 Å². The van der Waals surface area contributed by atoms with Crippen LogP contribution in [0.1, 0.15) is 34.1 Å². The first-order valence-electron chi connectivity index (χ1n) is 5.47. The molecule has 3 atom stereocenters. The highest BCUT2D eigenvalue weighted by Gasteiger charge is 2.70. The zero-order chi connectivity index (χ0) is 12.3. The van der Waals surface area contributed by atoms with Gasteiger partial charge in [-0.3, -0.25) is 14.4 Å². The van der Waals surface area contributed by atoms with Gasteiger partial charge in [-0.2, -0.15) is 0 Å². The first-order chi connectivity index (χ1) is 7.21. The smallest absolute Gasteiger partial charge is 0.302 e. The van der Waals surface area contributed by atoms with Crippen LogP contribution in [0.2, 0.25) is 0 Å². The van der Waals surface area contributed by atoms with Crippen LogP contribution < -0.4 is 0 Å². The Morgan fingerprint density at radius 1 is 1.31 bits per heavy atom. The Bertz CT molecular complexity index is 396. The van der Waals surface area contributed by atoms with Crippen molar-refractivity contribution in [2.75, 3.05) is 0 Å². The molecule has 0 saturated heterocycles. The SMILES string of the molecule is CC(=O)OC1C2(C)CC(C(=O)C2=O)C1(C)C. The van der Waals surface area contributed by atoms with E-state index in [1.807, 2.05) is 13.8 Å². The fourth-order valence-electron chi connectivity index (χ4n) is 3.33. The predicted octanol–water partition coefficient (Wildman–Crippen LogP) is 1.12. The zero-order valence-corrected chi connectivity index (χ0v) is 9.99. The van der Waals surface area contributed by atoms with Crippen LogP contribution in [-0.4, -0.2) is 23.6 Å². The van der Waals surface area contributed by atoms with Gasteiger partial charge in [0.1, 0.15) is 6.10 Å². The Morgan fingerprint density at radius 3 is 2.31 bits per heavy atom. The largest absolute Gasteiger partial charge is 0.461 e. The highest BCUT2D eigenvalue weighted by Crippen LogP contribution is 2.60. The van der Waals surface area contributed by atoms with Gasteiger partial charge in [0.2, 0.25) is 11.6 Å². The summed E-state index contributed by atoms with van der Waals surface area (Å²) in [6.45, 7) is 6.84. The second kappa shape index (κ2) is 2.93. The van der Waals surface area contributed by atoms with Crippen molar-refractivity contribution in [1.82, 2.24) is 0 Å². The van der Waals surface area contributed by atoms with Crippen molar-refractivity contribution in [3.63, 3.8) is 0 Å². The summed E-state index contributed by atoms with van der Waals surface area (Å²) in [4.78, 5) is 34.6. The summed E-state index contributed by atoms with van der Waals surface area (Å²) in [6, 6.07) is 0. The van der Waals surface area contributed by atoms with Gasteiger partial charge in [0.15, 0.2) is 0 Å². The van der Waals surface area contributed by atoms with Gasteiger partial charge in [-0.05, 0) is 13.3 Å². The maximum Gasteiger partial charge on any atom is 0.302 e. The Kier molecular flexibility index (Phi) is 2.07. The molecule has 2 aliphatic rings. The minimum atomic E-state index is -0.809. The van der Waals surface area contributed by atoms with E-state index in [9.17, 15) is 14.4 Å². The topological polar surface area (TPSA) is 60.4 Å². The normalized spacial score (nSPS) is 40.2. The number of esters is 1. The molecule has 0 heterocycles. The van der Waals surface area contributed by atoms with E-state index in [4.69, 9.17) is 4.74 Å². The van der Waals surface area contributed by atoms with Crippen molar-refractivity contribution in [3.8, 4) is 0 Å². The number of carbonyl (C=O) groups excluding carboxylic acids is 3. The monoisotopic (exact) mass is 224 g/mol. The fraction of sp³-hybridized carbons (Fsp3) is 0.750. The average Bonchev–Trinajstić information content (AvgIpc) is 2.49. The highest BCUT2D eigenvalue weighted by molar-refractivity contribution is 6.43. The van der Waals surface area contributed by atoms with Gasteiger partial charge in [0.05, 0.1) is 5.41 Å². The predicted molar refractivity (Wildman–Crippen MR) is 55.6 cm³/mol. The lowest BCUT2D eigenvalue weighted by atomic mass is 9.69. The molecule has 2 aliphatic carbocycles. The van der Waals surface area contributed by atoms with Crippen LogP contribution in [0.25, 0.3) is 0 Å². The lowest BCUT2D eigenvalue weighted by molar-refractivity contribution is -0.169. The molecule has 2 rings (SSSR count). The summed E-state index contributed by atoms with van der Waals surface area (Å²) in [7, 11) is 0. The van der Waals surface area contributed by atoms with Gasteiger partial charge in [0, 0.05) is 18.3 Å². The third kappa shape index (κ3) is 1.13. The molecule has 2 bridgehead atoms. The van der Waals surface area contributed by atoms with Gasteiger partial charge in [-0.1, -0.05) is 13.8 Å². The second-order valence-corrected chi connectivity index (χ2v) is 5.68. The Morgan fingerprint density at radius 2 is 1.88 bits per heavy atom. The zero-order valence-electron chi connectivity index (χ0n) is 9.99. The van der Waals surface area contributed by atoms with Gasteiger partial charge >= 0.3 is 5.97 Å². The molecule has 0 aliphatic heterocycles. The Balaban J connectivity index is 2.43. The Hall–Kier alpha value is -1.19. The van der Waals surface area contributed by atoms with Crippen LogP contribution in [-0.2, 0) is 19.1 Å². The van der Waals surface area contributed by atoms with Crippen molar-refractivity contribution in [3.05, 3.63) is 0 Å². The number of Topliss-reactive ketones (excluding diaryl/α,β-unsaturated/α-hetero) is 2. The first-order valence-corrected chi connectivity index (χ1v) is 5.47. The van der Waals surface area contributed by atoms with Gasteiger partial charge < -0.3 is 4.74 Å². The summed E-state index contributed by atoms with van der Waals surface area (Å²) >= 11 is 0. The van der Waals surface area contributed by atoms with Crippen molar-refractivity contribution in [2.24, 2.45) is 16.7 Å². The molecule has 3 unspecified atom stereocenters. The number of ether oxygens (including phenoxy) is 1. The molecule has 2 saturated carbocycles. The fourth-order valence-corrected chi connectivity index (χ4v) is 3.33. The van der Waals surface area contributed by atoms with Crippen LogP contribution in [0.3, 0.4) is 0 Å². The maximum atomic E-state index is 11.8. The number of ketones is 2. The molecular formula is C12H16O4. The van der Waals surface area contributed by atoms with E-state index < -0.39 is 22.9 Å². The van der Waals surface area contributed by atoms with E-state index in [0.29, 0.717) is 6.42 Å². The number of hydrogen-bond acceptors (Lipinski definition) is 4. The van der Waals surface area contributed by atoms with Gasteiger partial charge in [0.25, 0.3) is 0 Å². The summed E-state index contributed by atoms with van der Waals surface area (Å²) in [6.07, 6.45) is 0.0306. The van der Waals surface area contributed by atoms with Crippen molar-refractivity contribution in [1.29, 1.82) is 0 Å². The molecule has 0 aromatic heterocycles. The lowest BCUT2D eigenvalue weighted by Crippen LogP contribution is -2.51. The number of rotatable bonds is 1. The minimum absolute atomic E-state index is 0.295. The second-order valence-electron chi connectivity index (χ2n) is 5.68. The maximum absolute atomic E-state index is 11.8. The molecule has 0 spiro atoms. The van der Waals surface area contributed by atoms with Crippen molar-refractivity contribution >= 4 is 17.5 Å². The molecule has 4 heteroatoms. The summed E-state index contributed by atoms with van der Waals surface area (Å²) < 4.78 is 5.27. The summed E-state index contributed by atoms with van der Waals surface area (Å²) in [5.41, 5.74) is -1.25. The first kappa shape index (κ1) is 11.3.